The average Bonchev–Trinajstić information content (AvgIpc) is 2.69. The summed E-state index contributed by atoms with van der Waals surface area (Å²) in [6.07, 6.45) is 1.88. The normalized spacial score (nSPS) is 10.2. The number of hydrogen-bond donors (Lipinski definition) is 2. The molecule has 0 aliphatic heterocycles. The van der Waals surface area contributed by atoms with Crippen molar-refractivity contribution < 1.29 is 19.1 Å². The molecule has 0 unspecified atom stereocenters. The molecule has 0 saturated heterocycles. The first kappa shape index (κ1) is 21.6. The van der Waals surface area contributed by atoms with Gasteiger partial charge < -0.3 is 20.1 Å². The van der Waals surface area contributed by atoms with Crippen LogP contribution in [0.3, 0.4) is 0 Å². The Labute approximate surface area is 170 Å². The summed E-state index contributed by atoms with van der Waals surface area (Å²) < 4.78 is 11.3. The standard InChI is InChI=1S/C21H25ClN2O4/c1-3-5-11-28-20-17(22)12-15(13-18(20)27-4-2)21(26)23-14-19(25)24-16-9-7-6-8-10-16/h6-10,12-13H,3-5,11,14H2,1-2H3,(H,23,26)(H,24,25). The fourth-order valence-corrected chi connectivity index (χ4v) is 2.68. The monoisotopic (exact) mass is 404 g/mol. The van der Waals surface area contributed by atoms with Gasteiger partial charge >= 0.3 is 0 Å². The topological polar surface area (TPSA) is 76.7 Å². The summed E-state index contributed by atoms with van der Waals surface area (Å²) in [5.41, 5.74) is 0.959. The van der Waals surface area contributed by atoms with Crippen LogP contribution in [0.1, 0.15) is 37.0 Å². The number of anilines is 1. The Hall–Kier alpha value is -2.73. The zero-order chi connectivity index (χ0) is 20.4. The number of para-hydroxylation sites is 1. The van der Waals surface area contributed by atoms with E-state index in [9.17, 15) is 9.59 Å². The Kier molecular flexibility index (Phi) is 8.62. The van der Waals surface area contributed by atoms with Gasteiger partial charge in [-0.1, -0.05) is 43.1 Å². The lowest BCUT2D eigenvalue weighted by Gasteiger charge is -2.15. The molecule has 0 aromatic heterocycles. The highest BCUT2D eigenvalue weighted by molar-refractivity contribution is 6.32. The molecule has 0 aliphatic rings. The van der Waals surface area contributed by atoms with Gasteiger partial charge in [0.2, 0.25) is 5.91 Å². The summed E-state index contributed by atoms with van der Waals surface area (Å²) >= 11 is 6.30. The maximum absolute atomic E-state index is 12.4. The van der Waals surface area contributed by atoms with Gasteiger partial charge in [0.15, 0.2) is 11.5 Å². The molecule has 0 spiro atoms. The van der Waals surface area contributed by atoms with Crippen LogP contribution in [0, 0.1) is 0 Å². The molecule has 0 heterocycles. The molecule has 7 heteroatoms. The van der Waals surface area contributed by atoms with Crippen LogP contribution in [0.5, 0.6) is 11.5 Å². The van der Waals surface area contributed by atoms with Crippen molar-refractivity contribution in [2.24, 2.45) is 0 Å². The number of benzene rings is 2. The van der Waals surface area contributed by atoms with Gasteiger partial charge in [-0.05, 0) is 37.6 Å². The summed E-state index contributed by atoms with van der Waals surface area (Å²) in [4.78, 5) is 24.4. The number of carbonyl (C=O) groups is 2. The summed E-state index contributed by atoms with van der Waals surface area (Å²) in [6, 6.07) is 12.1. The van der Waals surface area contributed by atoms with E-state index in [1.54, 1.807) is 18.2 Å². The van der Waals surface area contributed by atoms with Crippen molar-refractivity contribution >= 4 is 29.1 Å². The molecule has 2 aromatic carbocycles. The minimum absolute atomic E-state index is 0.163. The largest absolute Gasteiger partial charge is 0.490 e. The van der Waals surface area contributed by atoms with Gasteiger partial charge in [0, 0.05) is 11.3 Å². The number of unbranched alkanes of at least 4 members (excludes halogenated alkanes) is 1. The van der Waals surface area contributed by atoms with E-state index in [4.69, 9.17) is 21.1 Å². The second-order valence-corrected chi connectivity index (χ2v) is 6.42. The third-order valence-corrected chi connectivity index (χ3v) is 4.06. The van der Waals surface area contributed by atoms with Crippen LogP contribution in [0.2, 0.25) is 5.02 Å². The molecule has 0 bridgehead atoms. The molecule has 6 nitrogen and oxygen atoms in total. The Morgan fingerprint density at radius 3 is 2.50 bits per heavy atom. The van der Waals surface area contributed by atoms with Crippen LogP contribution >= 0.6 is 11.6 Å². The summed E-state index contributed by atoms with van der Waals surface area (Å²) in [5.74, 6) is 0.0849. The predicted octanol–water partition coefficient (Wildman–Crippen LogP) is 4.29. The van der Waals surface area contributed by atoms with Gasteiger partial charge in [-0.3, -0.25) is 9.59 Å². The lowest BCUT2D eigenvalue weighted by Crippen LogP contribution is -2.32. The molecule has 0 aliphatic carbocycles. The van der Waals surface area contributed by atoms with Crippen LogP contribution in [-0.4, -0.2) is 31.6 Å². The van der Waals surface area contributed by atoms with Crippen molar-refractivity contribution in [2.45, 2.75) is 26.7 Å². The molecule has 28 heavy (non-hydrogen) atoms. The van der Waals surface area contributed by atoms with E-state index in [1.807, 2.05) is 25.1 Å². The van der Waals surface area contributed by atoms with Gasteiger partial charge in [-0.15, -0.1) is 0 Å². The average molecular weight is 405 g/mol. The first-order valence-corrected chi connectivity index (χ1v) is 9.65. The zero-order valence-electron chi connectivity index (χ0n) is 16.1. The molecule has 0 atom stereocenters. The smallest absolute Gasteiger partial charge is 0.251 e. The fourth-order valence-electron chi connectivity index (χ4n) is 2.41. The van der Waals surface area contributed by atoms with Crippen molar-refractivity contribution in [1.29, 1.82) is 0 Å². The Balaban J connectivity index is 2.02. The molecule has 0 saturated carbocycles. The van der Waals surface area contributed by atoms with E-state index in [0.29, 0.717) is 41.0 Å². The van der Waals surface area contributed by atoms with Crippen molar-refractivity contribution in [2.75, 3.05) is 25.1 Å². The van der Waals surface area contributed by atoms with Gasteiger partial charge in [0.25, 0.3) is 5.91 Å². The number of halogens is 1. The van der Waals surface area contributed by atoms with Gasteiger partial charge in [-0.2, -0.15) is 0 Å². The number of amides is 2. The third-order valence-electron chi connectivity index (χ3n) is 3.78. The van der Waals surface area contributed by atoms with Gasteiger partial charge in [-0.25, -0.2) is 0 Å². The number of carbonyl (C=O) groups excluding carboxylic acids is 2. The van der Waals surface area contributed by atoms with Crippen molar-refractivity contribution in [3.8, 4) is 11.5 Å². The summed E-state index contributed by atoms with van der Waals surface area (Å²) in [7, 11) is 0. The van der Waals surface area contributed by atoms with E-state index in [0.717, 1.165) is 12.8 Å². The summed E-state index contributed by atoms with van der Waals surface area (Å²) in [6.45, 7) is 4.66. The van der Waals surface area contributed by atoms with E-state index in [1.165, 1.54) is 6.07 Å². The van der Waals surface area contributed by atoms with Crippen LogP contribution in [-0.2, 0) is 4.79 Å². The fraction of sp³-hybridized carbons (Fsp3) is 0.333. The third kappa shape index (κ3) is 6.46. The van der Waals surface area contributed by atoms with E-state index >= 15 is 0 Å². The zero-order valence-corrected chi connectivity index (χ0v) is 16.8. The SMILES string of the molecule is CCCCOc1c(Cl)cc(C(=O)NCC(=O)Nc2ccccc2)cc1OCC. The molecule has 150 valence electrons. The maximum atomic E-state index is 12.4. The number of rotatable bonds is 10. The van der Waals surface area contributed by atoms with Gasteiger partial charge in [0.1, 0.15) is 0 Å². The quantitative estimate of drug-likeness (QED) is 0.579. The molecular formula is C21H25ClN2O4. The first-order valence-electron chi connectivity index (χ1n) is 9.27. The minimum atomic E-state index is -0.425. The highest BCUT2D eigenvalue weighted by Gasteiger charge is 2.17. The number of nitrogens with one attached hydrogen (secondary N) is 2. The Morgan fingerprint density at radius 2 is 1.82 bits per heavy atom. The molecule has 2 aromatic rings. The van der Waals surface area contributed by atoms with E-state index in [-0.39, 0.29) is 12.5 Å². The molecule has 0 radical (unpaired) electrons. The van der Waals surface area contributed by atoms with Crippen LogP contribution in [0.15, 0.2) is 42.5 Å². The number of ether oxygens (including phenoxy) is 2. The molecule has 2 amide bonds. The predicted molar refractivity (Wildman–Crippen MR) is 110 cm³/mol. The van der Waals surface area contributed by atoms with Crippen molar-refractivity contribution in [1.82, 2.24) is 5.32 Å². The first-order chi connectivity index (χ1) is 13.5. The van der Waals surface area contributed by atoms with E-state index < -0.39 is 5.91 Å². The Morgan fingerprint density at radius 1 is 1.07 bits per heavy atom. The lowest BCUT2D eigenvalue weighted by atomic mass is 10.2. The van der Waals surface area contributed by atoms with Crippen molar-refractivity contribution in [3.05, 3.63) is 53.1 Å². The van der Waals surface area contributed by atoms with Crippen LogP contribution in [0.25, 0.3) is 0 Å². The highest BCUT2D eigenvalue weighted by Crippen LogP contribution is 2.36. The number of hydrogen-bond acceptors (Lipinski definition) is 4. The van der Waals surface area contributed by atoms with Crippen LogP contribution in [0.4, 0.5) is 5.69 Å². The van der Waals surface area contributed by atoms with Crippen molar-refractivity contribution in [3.63, 3.8) is 0 Å². The second kappa shape index (κ2) is 11.2. The second-order valence-electron chi connectivity index (χ2n) is 6.02. The Bertz CT molecular complexity index is 796. The molecule has 2 rings (SSSR count). The molecule has 2 N–H and O–H groups in total. The molecule has 0 fully saturated rings. The molecular weight excluding hydrogens is 380 g/mol. The van der Waals surface area contributed by atoms with E-state index in [2.05, 4.69) is 17.6 Å². The maximum Gasteiger partial charge on any atom is 0.251 e. The minimum Gasteiger partial charge on any atom is -0.490 e. The van der Waals surface area contributed by atoms with Crippen LogP contribution < -0.4 is 20.1 Å². The lowest BCUT2D eigenvalue weighted by molar-refractivity contribution is -0.115. The van der Waals surface area contributed by atoms with Gasteiger partial charge in [0.05, 0.1) is 24.8 Å². The highest BCUT2D eigenvalue weighted by atomic mass is 35.5. The summed E-state index contributed by atoms with van der Waals surface area (Å²) in [5, 5.41) is 5.58.